The zero-order valence-corrected chi connectivity index (χ0v) is 27.6. The summed E-state index contributed by atoms with van der Waals surface area (Å²) in [5.41, 5.74) is 1.04. The van der Waals surface area contributed by atoms with E-state index in [0.29, 0.717) is 30.8 Å². The molecule has 42 heavy (non-hydrogen) atoms. The highest BCUT2D eigenvalue weighted by atomic mass is 32.2. The van der Waals surface area contributed by atoms with Gasteiger partial charge in [0.1, 0.15) is 0 Å². The highest BCUT2D eigenvalue weighted by molar-refractivity contribution is 8.14. The Kier molecular flexibility index (Phi) is 17.6. The molecule has 236 valence electrons. The van der Waals surface area contributed by atoms with E-state index in [1.807, 2.05) is 53.5 Å². The number of amides is 3. The van der Waals surface area contributed by atoms with Gasteiger partial charge in [-0.2, -0.15) is 0 Å². The van der Waals surface area contributed by atoms with Crippen molar-refractivity contribution >= 4 is 52.2 Å². The topological polar surface area (TPSA) is 131 Å². The first kappa shape index (κ1) is 38.8. The average molecular weight is 610 g/mol. The summed E-state index contributed by atoms with van der Waals surface area (Å²) in [6.45, 7) is 14.5. The highest BCUT2D eigenvalue weighted by Gasteiger charge is 2.40. The molecule has 1 aromatic rings. The second kappa shape index (κ2) is 19.0. The normalized spacial score (nSPS) is 19.0. The molecule has 3 rings (SSSR count). The first-order valence-electron chi connectivity index (χ1n) is 14.1. The summed E-state index contributed by atoms with van der Waals surface area (Å²) in [7, 11) is 6.04. The van der Waals surface area contributed by atoms with Crippen LogP contribution in [0.2, 0.25) is 0 Å². The summed E-state index contributed by atoms with van der Waals surface area (Å²) in [5.74, 6) is -2.83. The van der Waals surface area contributed by atoms with Crippen LogP contribution in [0.15, 0.2) is 24.3 Å². The summed E-state index contributed by atoms with van der Waals surface area (Å²) >= 11 is 1.34. The number of hydrogen-bond donors (Lipinski definition) is 0. The summed E-state index contributed by atoms with van der Waals surface area (Å²) in [6.07, 6.45) is 0.638. The van der Waals surface area contributed by atoms with E-state index in [4.69, 9.17) is 4.74 Å². The molecule has 1 aromatic carbocycles. The van der Waals surface area contributed by atoms with Gasteiger partial charge in [-0.3, -0.25) is 29.0 Å². The maximum Gasteiger partial charge on any atom is 0.397 e. The lowest BCUT2D eigenvalue weighted by atomic mass is 10.0. The van der Waals surface area contributed by atoms with Crippen molar-refractivity contribution in [2.75, 3.05) is 46.3 Å². The van der Waals surface area contributed by atoms with E-state index in [2.05, 4.69) is 4.74 Å². The predicted octanol–water partition coefficient (Wildman–Crippen LogP) is 3.64. The van der Waals surface area contributed by atoms with Gasteiger partial charge in [0.2, 0.25) is 11.8 Å². The summed E-state index contributed by atoms with van der Waals surface area (Å²) < 4.78 is 8.90. The summed E-state index contributed by atoms with van der Waals surface area (Å²) in [5, 5.41) is 0.286. The number of esters is 2. The lowest BCUT2D eigenvalue weighted by Crippen LogP contribution is -2.56. The quantitative estimate of drug-likeness (QED) is 0.277. The van der Waals surface area contributed by atoms with Crippen LogP contribution in [0, 0.1) is 11.8 Å². The standard InChI is InChI=1S/C19H26N2O4S.C7H9NO4.2C2H6/c1-12(2)19(24)26-15-10-16(20(3)11-15)17(22)21(4)14-8-6-7-13(9-14)18(23)25-5;1-4-3-8(5(4)9)6(10)7(11)12-2;2*1-2/h6-9,12,15-16H,10-11H2,1-5H3;4H,3H2,1-2H3;2*1-2H3. The largest absolute Gasteiger partial charge is 0.465 e. The van der Waals surface area contributed by atoms with Crippen molar-refractivity contribution in [3.05, 3.63) is 29.8 Å². The Labute approximate surface area is 254 Å². The second-order valence-electron chi connectivity index (χ2n) is 9.49. The van der Waals surface area contributed by atoms with Crippen LogP contribution >= 0.6 is 11.8 Å². The lowest BCUT2D eigenvalue weighted by Gasteiger charge is -2.33. The number of benzene rings is 1. The second-order valence-corrected chi connectivity index (χ2v) is 10.8. The molecule has 0 N–H and O–H groups in total. The minimum Gasteiger partial charge on any atom is -0.465 e. The van der Waals surface area contributed by atoms with E-state index in [1.54, 1.807) is 43.1 Å². The van der Waals surface area contributed by atoms with Gasteiger partial charge >= 0.3 is 17.8 Å². The molecule has 3 amide bonds. The number of thioether (sulfide) groups is 1. The Morgan fingerprint density at radius 1 is 1.00 bits per heavy atom. The predicted molar refractivity (Wildman–Crippen MR) is 164 cm³/mol. The first-order valence-corrected chi connectivity index (χ1v) is 15.0. The molecule has 12 heteroatoms. The molecule has 0 saturated carbocycles. The molecule has 0 aliphatic carbocycles. The van der Waals surface area contributed by atoms with Crippen molar-refractivity contribution in [1.82, 2.24) is 9.80 Å². The zero-order valence-electron chi connectivity index (χ0n) is 26.8. The Morgan fingerprint density at radius 3 is 2.07 bits per heavy atom. The number of hydrogen-bond acceptors (Lipinski definition) is 10. The van der Waals surface area contributed by atoms with Crippen molar-refractivity contribution in [2.24, 2.45) is 11.8 Å². The van der Waals surface area contributed by atoms with Crippen molar-refractivity contribution in [1.29, 1.82) is 0 Å². The van der Waals surface area contributed by atoms with Gasteiger partial charge in [0, 0.05) is 37.0 Å². The van der Waals surface area contributed by atoms with Crippen LogP contribution in [0.25, 0.3) is 0 Å². The molecule has 11 nitrogen and oxygen atoms in total. The fourth-order valence-electron chi connectivity index (χ4n) is 3.91. The molecular weight excluding hydrogens is 562 g/mol. The molecule has 0 aromatic heterocycles. The third-order valence-electron chi connectivity index (χ3n) is 6.28. The van der Waals surface area contributed by atoms with Crippen LogP contribution < -0.4 is 4.90 Å². The molecular formula is C30H47N3O8S. The Morgan fingerprint density at radius 2 is 1.60 bits per heavy atom. The smallest absolute Gasteiger partial charge is 0.397 e. The van der Waals surface area contributed by atoms with Gasteiger partial charge in [-0.25, -0.2) is 9.59 Å². The molecule has 0 spiro atoms. The number of anilines is 1. The van der Waals surface area contributed by atoms with E-state index < -0.39 is 17.8 Å². The molecule has 0 radical (unpaired) electrons. The molecule has 3 unspecified atom stereocenters. The maximum absolute atomic E-state index is 12.9. The maximum atomic E-state index is 12.9. The summed E-state index contributed by atoms with van der Waals surface area (Å²) in [4.78, 5) is 73.6. The Hall–Kier alpha value is -3.25. The third-order valence-corrected chi connectivity index (χ3v) is 7.66. The van der Waals surface area contributed by atoms with Crippen LogP contribution in [0.4, 0.5) is 5.69 Å². The van der Waals surface area contributed by atoms with E-state index in [0.717, 1.165) is 12.0 Å². The van der Waals surface area contributed by atoms with Gasteiger partial charge in [-0.1, -0.05) is 66.3 Å². The van der Waals surface area contributed by atoms with Gasteiger partial charge in [0.15, 0.2) is 5.12 Å². The fourth-order valence-corrected chi connectivity index (χ4v) is 5.10. The van der Waals surface area contributed by atoms with Gasteiger partial charge in [0.25, 0.3) is 0 Å². The van der Waals surface area contributed by atoms with Crippen molar-refractivity contribution in [3.63, 3.8) is 0 Å². The first-order chi connectivity index (χ1) is 19.8. The Bertz CT molecular complexity index is 1090. The number of likely N-dealkylation sites (N-methyl/N-ethyl adjacent to an activating group) is 2. The summed E-state index contributed by atoms with van der Waals surface area (Å²) in [6, 6.07) is 6.53. The van der Waals surface area contributed by atoms with E-state index >= 15 is 0 Å². The number of nitrogens with zero attached hydrogens (tertiary/aromatic N) is 3. The minimum atomic E-state index is -0.991. The monoisotopic (exact) mass is 609 g/mol. The number of rotatable bonds is 5. The van der Waals surface area contributed by atoms with Gasteiger partial charge in [-0.05, 0) is 31.7 Å². The van der Waals surface area contributed by atoms with Crippen LogP contribution in [0.5, 0.6) is 0 Å². The average Bonchev–Trinajstić information content (AvgIpc) is 3.39. The van der Waals surface area contributed by atoms with Gasteiger partial charge in [0.05, 0.1) is 31.7 Å². The van der Waals surface area contributed by atoms with Crippen molar-refractivity contribution < 1.29 is 38.2 Å². The number of imide groups is 1. The van der Waals surface area contributed by atoms with Gasteiger partial charge in [-0.15, -0.1) is 0 Å². The van der Waals surface area contributed by atoms with Crippen LogP contribution in [0.3, 0.4) is 0 Å². The molecule has 2 heterocycles. The Balaban J connectivity index is 0.000000876. The number of carbonyl (C=O) groups excluding carboxylic acids is 6. The van der Waals surface area contributed by atoms with Crippen LogP contribution in [0.1, 0.15) is 65.2 Å². The highest BCUT2D eigenvalue weighted by Crippen LogP contribution is 2.30. The molecule has 2 aliphatic rings. The minimum absolute atomic E-state index is 0.0104. The van der Waals surface area contributed by atoms with Crippen molar-refractivity contribution in [3.8, 4) is 0 Å². The van der Waals surface area contributed by atoms with Crippen molar-refractivity contribution in [2.45, 2.75) is 66.2 Å². The number of β-lactam (4-membered cyclic amide) rings is 1. The zero-order chi connectivity index (χ0) is 32.7. The molecule has 2 aliphatic heterocycles. The molecule has 0 bridgehead atoms. The lowest BCUT2D eigenvalue weighted by molar-refractivity contribution is -0.168. The van der Waals surface area contributed by atoms with Gasteiger partial charge < -0.3 is 14.4 Å². The molecule has 2 saturated heterocycles. The SMILES string of the molecule is CC.CC.COC(=O)C(=O)N1CC(C)C1=O.COC(=O)c1cccc(N(C)C(=O)C2CC(SC(=O)C(C)C)CN2C)c1. The molecule has 3 atom stereocenters. The number of likely N-dealkylation sites (tertiary alicyclic amines) is 2. The van der Waals surface area contributed by atoms with E-state index in [9.17, 15) is 28.8 Å². The number of methoxy groups -OCH3 is 2. The third kappa shape index (κ3) is 10.5. The fraction of sp³-hybridized carbons (Fsp3) is 0.600. The van der Waals surface area contributed by atoms with E-state index in [-0.39, 0.29) is 40.1 Å². The number of carbonyl (C=O) groups is 6. The molecule has 2 fully saturated rings. The van der Waals surface area contributed by atoms with E-state index in [1.165, 1.54) is 18.9 Å². The number of ether oxygens (including phenoxy) is 2. The van der Waals surface area contributed by atoms with Crippen LogP contribution in [-0.2, 0) is 33.4 Å². The van der Waals surface area contributed by atoms with Crippen LogP contribution in [-0.4, -0.2) is 97.3 Å².